The van der Waals surface area contributed by atoms with Crippen LogP contribution in [0.4, 0.5) is 13.2 Å². The van der Waals surface area contributed by atoms with Gasteiger partial charge in [0.25, 0.3) is 0 Å². The van der Waals surface area contributed by atoms with Gasteiger partial charge in [-0.05, 0) is 40.1 Å². The molecule has 0 unspecified atom stereocenters. The first-order valence-electron chi connectivity index (χ1n) is 8.44. The molecule has 3 aromatic carbocycles. The average Bonchev–Trinajstić information content (AvgIpc) is 2.95. The lowest BCUT2D eigenvalue weighted by Gasteiger charge is -2.09. The molecule has 0 saturated carbocycles. The van der Waals surface area contributed by atoms with Crippen molar-refractivity contribution in [2.24, 2.45) is 5.73 Å². The Labute approximate surface area is 163 Å². The van der Waals surface area contributed by atoms with Gasteiger partial charge in [0.05, 0.1) is 21.1 Å². The Bertz CT molecular complexity index is 1160. The van der Waals surface area contributed by atoms with Crippen LogP contribution in [0.25, 0.3) is 22.4 Å². The number of benzene rings is 3. The molecule has 0 fully saturated rings. The molecule has 2 nitrogen and oxygen atoms in total. The van der Waals surface area contributed by atoms with Crippen molar-refractivity contribution in [2.75, 3.05) is 0 Å². The van der Waals surface area contributed by atoms with E-state index in [0.29, 0.717) is 4.91 Å². The standard InChI is InChI=1S/C22H14F3NOS/c23-22(24,25)16-9-4-8-15(11-16)19-20(27)18(28-21(19)26)12-14-7-3-6-13-5-1-2-10-17(13)14/h1-12H,26H2/b18-12+. The van der Waals surface area contributed by atoms with Crippen molar-refractivity contribution in [1.82, 2.24) is 0 Å². The second-order valence-corrected chi connectivity index (χ2v) is 7.41. The topological polar surface area (TPSA) is 43.1 Å². The van der Waals surface area contributed by atoms with Crippen LogP contribution in [0.15, 0.2) is 76.7 Å². The van der Waals surface area contributed by atoms with E-state index in [4.69, 9.17) is 5.73 Å². The van der Waals surface area contributed by atoms with Gasteiger partial charge in [-0.15, -0.1) is 0 Å². The highest BCUT2D eigenvalue weighted by molar-refractivity contribution is 8.08. The number of allylic oxidation sites excluding steroid dienone is 2. The van der Waals surface area contributed by atoms with Crippen molar-refractivity contribution in [3.63, 3.8) is 0 Å². The molecule has 0 saturated heterocycles. The van der Waals surface area contributed by atoms with Gasteiger partial charge in [-0.25, -0.2) is 0 Å². The largest absolute Gasteiger partial charge is 0.416 e. The van der Waals surface area contributed by atoms with E-state index in [1.165, 1.54) is 12.1 Å². The molecular formula is C22H14F3NOS. The number of fused-ring (bicyclic) bond motifs is 1. The number of nitrogens with two attached hydrogens (primary N) is 1. The molecule has 2 N–H and O–H groups in total. The maximum atomic E-state index is 13.0. The predicted octanol–water partition coefficient (Wildman–Crippen LogP) is 5.84. The van der Waals surface area contributed by atoms with E-state index >= 15 is 0 Å². The summed E-state index contributed by atoms with van der Waals surface area (Å²) in [6.07, 6.45) is -2.75. The number of alkyl halides is 3. The van der Waals surface area contributed by atoms with E-state index in [-0.39, 0.29) is 21.9 Å². The molecule has 6 heteroatoms. The summed E-state index contributed by atoms with van der Waals surface area (Å²) >= 11 is 1.08. The molecule has 1 heterocycles. The fraction of sp³-hybridized carbons (Fsp3) is 0.0455. The minimum Gasteiger partial charge on any atom is -0.393 e. The van der Waals surface area contributed by atoms with Crippen LogP contribution in [0, 0.1) is 0 Å². The van der Waals surface area contributed by atoms with Gasteiger partial charge >= 0.3 is 6.18 Å². The second-order valence-electron chi connectivity index (χ2n) is 6.33. The summed E-state index contributed by atoms with van der Waals surface area (Å²) in [5.74, 6) is -0.366. The summed E-state index contributed by atoms with van der Waals surface area (Å²) in [5.41, 5.74) is 6.35. The molecule has 0 atom stereocenters. The Morgan fingerprint density at radius 1 is 0.929 bits per heavy atom. The lowest BCUT2D eigenvalue weighted by Crippen LogP contribution is -2.07. The molecule has 0 aromatic heterocycles. The highest BCUT2D eigenvalue weighted by atomic mass is 32.2. The first-order chi connectivity index (χ1) is 13.3. The van der Waals surface area contributed by atoms with E-state index in [2.05, 4.69) is 0 Å². The highest BCUT2D eigenvalue weighted by Crippen LogP contribution is 2.42. The fourth-order valence-electron chi connectivity index (χ4n) is 3.19. The molecule has 0 radical (unpaired) electrons. The lowest BCUT2D eigenvalue weighted by molar-refractivity contribution is -0.137. The van der Waals surface area contributed by atoms with Crippen molar-refractivity contribution in [2.45, 2.75) is 6.18 Å². The molecule has 0 bridgehead atoms. The Balaban J connectivity index is 1.74. The summed E-state index contributed by atoms with van der Waals surface area (Å²) in [6.45, 7) is 0. The van der Waals surface area contributed by atoms with E-state index in [1.54, 1.807) is 6.08 Å². The van der Waals surface area contributed by atoms with Crippen LogP contribution in [0.2, 0.25) is 0 Å². The maximum absolute atomic E-state index is 13.0. The third kappa shape index (κ3) is 3.31. The molecule has 1 aliphatic heterocycles. The van der Waals surface area contributed by atoms with Crippen molar-refractivity contribution in [3.05, 3.63) is 93.4 Å². The Hall–Kier alpha value is -2.99. The maximum Gasteiger partial charge on any atom is 0.416 e. The molecule has 28 heavy (non-hydrogen) atoms. The Kier molecular flexibility index (Phi) is 4.51. The molecular weight excluding hydrogens is 383 g/mol. The smallest absolute Gasteiger partial charge is 0.393 e. The molecule has 0 aliphatic carbocycles. The van der Waals surface area contributed by atoms with Crippen molar-refractivity contribution in [3.8, 4) is 0 Å². The van der Waals surface area contributed by atoms with Crippen molar-refractivity contribution in [1.29, 1.82) is 0 Å². The first-order valence-corrected chi connectivity index (χ1v) is 9.25. The first kappa shape index (κ1) is 18.4. The third-order valence-electron chi connectivity index (χ3n) is 4.51. The molecule has 0 spiro atoms. The Morgan fingerprint density at radius 2 is 1.64 bits per heavy atom. The molecule has 3 aromatic rings. The Morgan fingerprint density at radius 3 is 2.43 bits per heavy atom. The predicted molar refractivity (Wildman–Crippen MR) is 107 cm³/mol. The highest BCUT2D eigenvalue weighted by Gasteiger charge is 2.33. The van der Waals surface area contributed by atoms with Crippen LogP contribution in [-0.4, -0.2) is 5.78 Å². The van der Waals surface area contributed by atoms with Gasteiger partial charge in [0.15, 0.2) is 0 Å². The number of thioether (sulfide) groups is 1. The fourth-order valence-corrected chi connectivity index (χ4v) is 4.12. The molecule has 1 aliphatic rings. The van der Waals surface area contributed by atoms with Crippen LogP contribution in [0.5, 0.6) is 0 Å². The van der Waals surface area contributed by atoms with Gasteiger partial charge in [-0.3, -0.25) is 4.79 Å². The monoisotopic (exact) mass is 397 g/mol. The summed E-state index contributed by atoms with van der Waals surface area (Å²) < 4.78 is 39.0. The minimum absolute atomic E-state index is 0.114. The third-order valence-corrected chi connectivity index (χ3v) is 5.45. The molecule has 4 rings (SSSR count). The lowest BCUT2D eigenvalue weighted by atomic mass is 9.98. The number of Topliss-reactive ketones (excluding diaryl/α,β-unsaturated/α-hetero) is 1. The number of hydrogen-bond donors (Lipinski definition) is 1. The number of ketones is 1. The van der Waals surface area contributed by atoms with Crippen LogP contribution in [0.1, 0.15) is 16.7 Å². The van der Waals surface area contributed by atoms with Crippen LogP contribution >= 0.6 is 11.8 Å². The van der Waals surface area contributed by atoms with E-state index in [0.717, 1.165) is 40.2 Å². The minimum atomic E-state index is -4.48. The van der Waals surface area contributed by atoms with Gasteiger partial charge in [0.1, 0.15) is 0 Å². The van der Waals surface area contributed by atoms with Crippen molar-refractivity contribution >= 4 is 40.0 Å². The normalized spacial score (nSPS) is 16.4. The number of hydrogen-bond acceptors (Lipinski definition) is 3. The van der Waals surface area contributed by atoms with Crippen LogP contribution in [0.3, 0.4) is 0 Å². The second kappa shape index (κ2) is 6.87. The number of carbonyl (C=O) groups is 1. The van der Waals surface area contributed by atoms with Gasteiger partial charge in [0.2, 0.25) is 5.78 Å². The zero-order valence-electron chi connectivity index (χ0n) is 14.5. The molecule has 140 valence electrons. The van der Waals surface area contributed by atoms with Gasteiger partial charge in [0, 0.05) is 0 Å². The zero-order valence-corrected chi connectivity index (χ0v) is 15.3. The SMILES string of the molecule is NC1=C(c2cccc(C(F)(F)F)c2)C(=O)/C(=C\c2cccc3ccccc23)S1. The van der Waals surface area contributed by atoms with Gasteiger partial charge < -0.3 is 5.73 Å². The van der Waals surface area contributed by atoms with Gasteiger partial charge in [-0.1, -0.05) is 66.4 Å². The number of halogens is 3. The van der Waals surface area contributed by atoms with Crippen LogP contribution < -0.4 is 5.73 Å². The summed E-state index contributed by atoms with van der Waals surface area (Å²) in [7, 11) is 0. The summed E-state index contributed by atoms with van der Waals surface area (Å²) in [6, 6.07) is 18.2. The zero-order chi connectivity index (χ0) is 19.9. The summed E-state index contributed by atoms with van der Waals surface area (Å²) in [4.78, 5) is 13.3. The van der Waals surface area contributed by atoms with Crippen molar-refractivity contribution < 1.29 is 18.0 Å². The van der Waals surface area contributed by atoms with E-state index in [9.17, 15) is 18.0 Å². The summed E-state index contributed by atoms with van der Waals surface area (Å²) in [5, 5.41) is 2.22. The number of rotatable bonds is 2. The van der Waals surface area contributed by atoms with Crippen LogP contribution in [-0.2, 0) is 11.0 Å². The van der Waals surface area contributed by atoms with E-state index < -0.39 is 11.7 Å². The van der Waals surface area contributed by atoms with E-state index in [1.807, 2.05) is 42.5 Å². The molecule has 0 amide bonds. The number of carbonyl (C=O) groups excluding carboxylic acids is 1. The van der Waals surface area contributed by atoms with Gasteiger partial charge in [-0.2, -0.15) is 13.2 Å². The quantitative estimate of drug-likeness (QED) is 0.552. The average molecular weight is 397 g/mol.